The Morgan fingerprint density at radius 3 is 2.50 bits per heavy atom. The summed E-state index contributed by atoms with van der Waals surface area (Å²) in [6.07, 6.45) is 3.74. The highest BCUT2D eigenvalue weighted by Crippen LogP contribution is 2.21. The molecular weight excluding hydrogens is 272 g/mol. The van der Waals surface area contributed by atoms with Gasteiger partial charge in [0.1, 0.15) is 0 Å². The van der Waals surface area contributed by atoms with Crippen LogP contribution in [0.1, 0.15) is 31.4 Å². The number of hydrogen-bond donors (Lipinski definition) is 1. The number of sulfone groups is 1. The fourth-order valence-electron chi connectivity index (χ4n) is 2.67. The maximum absolute atomic E-state index is 11.5. The van der Waals surface area contributed by atoms with Crippen LogP contribution >= 0.6 is 0 Å². The average Bonchev–Trinajstić information content (AvgIpc) is 2.90. The lowest BCUT2D eigenvalue weighted by atomic mass is 10.1. The minimum absolute atomic E-state index is 0.283. The number of likely N-dealkylation sites (N-methyl/N-ethyl adjacent to an activating group) is 1. The Balaban J connectivity index is 2.02. The van der Waals surface area contributed by atoms with E-state index in [-0.39, 0.29) is 6.04 Å². The van der Waals surface area contributed by atoms with E-state index < -0.39 is 9.84 Å². The molecule has 1 aliphatic rings. The molecule has 1 N–H and O–H groups in total. The molecule has 1 heterocycles. The SMILES string of the molecule is CC(c1ccc(S(C)(=O)=O)cc1)N(C)CC1CCCN1. The van der Waals surface area contributed by atoms with Crippen LogP contribution in [0.3, 0.4) is 0 Å². The highest BCUT2D eigenvalue weighted by Gasteiger charge is 2.19. The van der Waals surface area contributed by atoms with E-state index in [0.29, 0.717) is 10.9 Å². The van der Waals surface area contributed by atoms with Gasteiger partial charge in [0.2, 0.25) is 0 Å². The van der Waals surface area contributed by atoms with Crippen LogP contribution in [0, 0.1) is 0 Å². The van der Waals surface area contributed by atoms with Crippen LogP contribution in [-0.4, -0.2) is 45.8 Å². The van der Waals surface area contributed by atoms with E-state index in [4.69, 9.17) is 0 Å². The van der Waals surface area contributed by atoms with Crippen LogP contribution in [0.5, 0.6) is 0 Å². The van der Waals surface area contributed by atoms with Crippen LogP contribution in [-0.2, 0) is 9.84 Å². The minimum Gasteiger partial charge on any atom is -0.313 e. The summed E-state index contributed by atoms with van der Waals surface area (Å²) in [6, 6.07) is 8.09. The maximum Gasteiger partial charge on any atom is 0.175 e. The van der Waals surface area contributed by atoms with E-state index in [2.05, 4.69) is 24.2 Å². The molecule has 1 fully saturated rings. The third kappa shape index (κ3) is 3.81. The molecule has 1 aromatic carbocycles. The summed E-state index contributed by atoms with van der Waals surface area (Å²) in [6.45, 7) is 4.30. The molecule has 0 radical (unpaired) electrons. The van der Waals surface area contributed by atoms with Gasteiger partial charge in [-0.15, -0.1) is 0 Å². The van der Waals surface area contributed by atoms with E-state index in [1.54, 1.807) is 12.1 Å². The first kappa shape index (κ1) is 15.5. The Labute approximate surface area is 122 Å². The molecule has 0 amide bonds. The van der Waals surface area contributed by atoms with Crippen molar-refractivity contribution in [2.75, 3.05) is 26.4 Å². The smallest absolute Gasteiger partial charge is 0.175 e. The predicted octanol–water partition coefficient (Wildman–Crippen LogP) is 1.83. The predicted molar refractivity (Wildman–Crippen MR) is 81.6 cm³/mol. The van der Waals surface area contributed by atoms with Crippen molar-refractivity contribution < 1.29 is 8.42 Å². The average molecular weight is 296 g/mol. The normalized spacial score (nSPS) is 21.3. The van der Waals surface area contributed by atoms with E-state index in [9.17, 15) is 8.42 Å². The Morgan fingerprint density at radius 1 is 1.35 bits per heavy atom. The van der Waals surface area contributed by atoms with Gasteiger partial charge < -0.3 is 5.32 Å². The zero-order valence-corrected chi connectivity index (χ0v) is 13.3. The first-order valence-corrected chi connectivity index (χ1v) is 9.00. The van der Waals surface area contributed by atoms with Crippen molar-refractivity contribution in [3.63, 3.8) is 0 Å². The summed E-state index contributed by atoms with van der Waals surface area (Å²) >= 11 is 0. The second kappa shape index (κ2) is 6.24. The van der Waals surface area contributed by atoms with Gasteiger partial charge in [-0.3, -0.25) is 4.90 Å². The summed E-state index contributed by atoms with van der Waals surface area (Å²) in [5.41, 5.74) is 1.15. The highest BCUT2D eigenvalue weighted by atomic mass is 32.2. The van der Waals surface area contributed by atoms with Gasteiger partial charge in [-0.1, -0.05) is 12.1 Å². The van der Waals surface area contributed by atoms with E-state index in [1.807, 2.05) is 12.1 Å². The van der Waals surface area contributed by atoms with Gasteiger partial charge in [-0.25, -0.2) is 8.42 Å². The fourth-order valence-corrected chi connectivity index (χ4v) is 3.30. The Morgan fingerprint density at radius 2 is 2.00 bits per heavy atom. The third-order valence-corrected chi connectivity index (χ3v) is 5.25. The molecule has 0 bridgehead atoms. The van der Waals surface area contributed by atoms with Crippen molar-refractivity contribution >= 4 is 9.84 Å². The number of hydrogen-bond acceptors (Lipinski definition) is 4. The minimum atomic E-state index is -3.11. The second-order valence-electron chi connectivity index (χ2n) is 5.75. The molecule has 0 aliphatic carbocycles. The molecule has 0 spiro atoms. The zero-order valence-electron chi connectivity index (χ0n) is 12.5. The summed E-state index contributed by atoms with van der Waals surface area (Å²) in [5, 5.41) is 3.50. The lowest BCUT2D eigenvalue weighted by Gasteiger charge is -2.28. The highest BCUT2D eigenvalue weighted by molar-refractivity contribution is 7.90. The van der Waals surface area contributed by atoms with Gasteiger partial charge in [0.25, 0.3) is 0 Å². The standard InChI is InChI=1S/C15H24N2O2S/c1-12(17(2)11-14-5-4-10-16-14)13-6-8-15(9-7-13)20(3,18)19/h6-9,12,14,16H,4-5,10-11H2,1-3H3. The first-order valence-electron chi connectivity index (χ1n) is 7.11. The molecule has 1 aliphatic heterocycles. The molecule has 4 nitrogen and oxygen atoms in total. The lowest BCUT2D eigenvalue weighted by Crippen LogP contribution is -2.36. The summed E-state index contributed by atoms with van der Waals surface area (Å²) in [5.74, 6) is 0. The molecule has 0 saturated carbocycles. The van der Waals surface area contributed by atoms with Crippen LogP contribution in [0.2, 0.25) is 0 Å². The number of rotatable bonds is 5. The van der Waals surface area contributed by atoms with Crippen LogP contribution in [0.25, 0.3) is 0 Å². The van der Waals surface area contributed by atoms with E-state index in [1.165, 1.54) is 19.1 Å². The first-order chi connectivity index (χ1) is 9.38. The summed E-state index contributed by atoms with van der Waals surface area (Å²) in [7, 11) is -0.988. The Hall–Kier alpha value is -0.910. The molecule has 2 atom stereocenters. The molecule has 5 heteroatoms. The second-order valence-corrected chi connectivity index (χ2v) is 7.77. The van der Waals surface area contributed by atoms with E-state index in [0.717, 1.165) is 18.7 Å². The van der Waals surface area contributed by atoms with Crippen molar-refractivity contribution in [2.45, 2.75) is 36.7 Å². The van der Waals surface area contributed by atoms with Gasteiger partial charge in [0.05, 0.1) is 4.90 Å². The quantitative estimate of drug-likeness (QED) is 0.901. The molecule has 1 aromatic rings. The molecule has 2 unspecified atom stereocenters. The monoisotopic (exact) mass is 296 g/mol. The fraction of sp³-hybridized carbons (Fsp3) is 0.600. The summed E-state index contributed by atoms with van der Waals surface area (Å²) in [4.78, 5) is 2.70. The van der Waals surface area contributed by atoms with Gasteiger partial charge in [0.15, 0.2) is 9.84 Å². The molecule has 1 saturated heterocycles. The zero-order chi connectivity index (χ0) is 14.8. The van der Waals surface area contributed by atoms with Gasteiger partial charge in [-0.2, -0.15) is 0 Å². The van der Waals surface area contributed by atoms with Gasteiger partial charge in [-0.05, 0) is 51.1 Å². The van der Waals surface area contributed by atoms with E-state index >= 15 is 0 Å². The number of nitrogens with one attached hydrogen (secondary N) is 1. The third-order valence-electron chi connectivity index (χ3n) is 4.12. The largest absolute Gasteiger partial charge is 0.313 e. The molecule has 112 valence electrons. The Kier molecular flexibility index (Phi) is 4.83. The summed E-state index contributed by atoms with van der Waals surface area (Å²) < 4.78 is 22.9. The van der Waals surface area contributed by atoms with Gasteiger partial charge in [0, 0.05) is 24.9 Å². The lowest BCUT2D eigenvalue weighted by molar-refractivity contribution is 0.238. The molecule has 0 aromatic heterocycles. The van der Waals surface area contributed by atoms with Crippen molar-refractivity contribution in [1.29, 1.82) is 0 Å². The van der Waals surface area contributed by atoms with Crippen molar-refractivity contribution in [1.82, 2.24) is 10.2 Å². The Bertz CT molecular complexity index is 533. The van der Waals surface area contributed by atoms with Crippen LogP contribution < -0.4 is 5.32 Å². The number of nitrogens with zero attached hydrogens (tertiary/aromatic N) is 1. The molecular formula is C15H24N2O2S. The number of benzene rings is 1. The molecule has 20 heavy (non-hydrogen) atoms. The maximum atomic E-state index is 11.5. The molecule has 2 rings (SSSR count). The van der Waals surface area contributed by atoms with Crippen molar-refractivity contribution in [2.24, 2.45) is 0 Å². The van der Waals surface area contributed by atoms with Gasteiger partial charge >= 0.3 is 0 Å². The van der Waals surface area contributed by atoms with Crippen LogP contribution in [0.15, 0.2) is 29.2 Å². The van der Waals surface area contributed by atoms with Crippen LogP contribution in [0.4, 0.5) is 0 Å². The topological polar surface area (TPSA) is 49.4 Å². The van der Waals surface area contributed by atoms with Crippen molar-refractivity contribution in [3.8, 4) is 0 Å². The van der Waals surface area contributed by atoms with Crippen molar-refractivity contribution in [3.05, 3.63) is 29.8 Å².